The van der Waals surface area contributed by atoms with Crippen LogP contribution in [0.5, 0.6) is 0 Å². The first-order valence-electron chi connectivity index (χ1n) is 5.33. The molecule has 0 saturated carbocycles. The molecule has 0 aliphatic rings. The van der Waals surface area contributed by atoms with Crippen LogP contribution in [0, 0.1) is 0 Å². The Morgan fingerprint density at radius 1 is 1.39 bits per heavy atom. The fourth-order valence-corrected chi connectivity index (χ4v) is 4.99. The van der Waals surface area contributed by atoms with E-state index in [1.54, 1.807) is 30.0 Å². The van der Waals surface area contributed by atoms with Gasteiger partial charge in [-0.1, -0.05) is 15.9 Å². The topological polar surface area (TPSA) is 46.2 Å². The van der Waals surface area contributed by atoms with Gasteiger partial charge in [-0.05, 0) is 59.5 Å². The summed E-state index contributed by atoms with van der Waals surface area (Å²) >= 11 is 8.28. The molecule has 102 valence electrons. The van der Waals surface area contributed by atoms with Crippen molar-refractivity contribution in [2.24, 2.45) is 0 Å². The summed E-state index contributed by atoms with van der Waals surface area (Å²) in [5.74, 6) is 0.936. The highest BCUT2D eigenvalue weighted by Gasteiger charge is 2.19. The van der Waals surface area contributed by atoms with E-state index >= 15 is 0 Å². The lowest BCUT2D eigenvalue weighted by molar-refractivity contribution is 0.556. The van der Waals surface area contributed by atoms with Gasteiger partial charge in [0.1, 0.15) is 0 Å². The minimum absolute atomic E-state index is 0.0713. The Labute approximate surface area is 129 Å². The van der Waals surface area contributed by atoms with E-state index in [2.05, 4.69) is 36.6 Å². The number of hydrogen-bond donors (Lipinski definition) is 1. The molecule has 3 nitrogen and oxygen atoms in total. The summed E-state index contributed by atoms with van der Waals surface area (Å²) in [5, 5.41) is 0. The number of sulfonamides is 1. The summed E-state index contributed by atoms with van der Waals surface area (Å²) in [6.45, 7) is 1.88. The maximum absolute atomic E-state index is 12.2. The molecule has 0 bridgehead atoms. The van der Waals surface area contributed by atoms with Crippen molar-refractivity contribution >= 4 is 53.6 Å². The van der Waals surface area contributed by atoms with Crippen molar-refractivity contribution in [1.82, 2.24) is 4.72 Å². The van der Waals surface area contributed by atoms with Gasteiger partial charge in [0.15, 0.2) is 0 Å². The zero-order valence-electron chi connectivity index (χ0n) is 10.1. The largest absolute Gasteiger partial charge is 0.241 e. The number of halogens is 2. The first-order valence-corrected chi connectivity index (χ1v) is 9.79. The van der Waals surface area contributed by atoms with Crippen LogP contribution in [-0.2, 0) is 10.0 Å². The number of nitrogens with one attached hydrogen (secondary N) is 1. The first-order chi connectivity index (χ1) is 8.36. The van der Waals surface area contributed by atoms with Gasteiger partial charge in [-0.2, -0.15) is 11.8 Å². The highest BCUT2D eigenvalue weighted by Crippen LogP contribution is 2.25. The van der Waals surface area contributed by atoms with Gasteiger partial charge < -0.3 is 0 Å². The third kappa shape index (κ3) is 4.85. The number of benzene rings is 1. The predicted molar refractivity (Wildman–Crippen MR) is 84.6 cm³/mol. The Bertz CT molecular complexity index is 506. The lowest BCUT2D eigenvalue weighted by Gasteiger charge is -2.14. The normalized spacial score (nSPS) is 13.6. The molecule has 1 atom stereocenters. The molecule has 0 aliphatic carbocycles. The molecule has 0 heterocycles. The lowest BCUT2D eigenvalue weighted by atomic mass is 10.3. The Kier molecular flexibility index (Phi) is 6.67. The minimum Gasteiger partial charge on any atom is -0.208 e. The molecule has 0 radical (unpaired) electrons. The highest BCUT2D eigenvalue weighted by molar-refractivity contribution is 9.11. The molecule has 0 spiro atoms. The Morgan fingerprint density at radius 2 is 2.06 bits per heavy atom. The maximum atomic E-state index is 12.2. The van der Waals surface area contributed by atoms with Crippen molar-refractivity contribution in [3.05, 3.63) is 27.1 Å². The van der Waals surface area contributed by atoms with Crippen LogP contribution in [0.2, 0.25) is 0 Å². The predicted octanol–water partition coefficient (Wildman–Crippen LogP) is 3.63. The highest BCUT2D eigenvalue weighted by atomic mass is 79.9. The molecular formula is C11H15Br2NO2S2. The van der Waals surface area contributed by atoms with Crippen LogP contribution in [0.4, 0.5) is 0 Å². The summed E-state index contributed by atoms with van der Waals surface area (Å²) in [6.07, 6.45) is 2.82. The Hall–Kier alpha value is 0.440. The zero-order chi connectivity index (χ0) is 13.8. The van der Waals surface area contributed by atoms with Crippen molar-refractivity contribution < 1.29 is 8.42 Å². The molecule has 0 fully saturated rings. The molecule has 18 heavy (non-hydrogen) atoms. The summed E-state index contributed by atoms with van der Waals surface area (Å²) in [6, 6.07) is 4.95. The minimum atomic E-state index is -3.46. The van der Waals surface area contributed by atoms with Crippen LogP contribution in [0.15, 0.2) is 32.0 Å². The second-order valence-corrected chi connectivity index (χ2v) is 8.32. The molecule has 7 heteroatoms. The molecule has 1 unspecified atom stereocenters. The second-order valence-electron chi connectivity index (χ2n) is 3.88. The van der Waals surface area contributed by atoms with E-state index in [-0.39, 0.29) is 10.9 Å². The Morgan fingerprint density at radius 3 is 2.61 bits per heavy atom. The van der Waals surface area contributed by atoms with E-state index in [0.717, 1.165) is 16.6 Å². The molecule has 1 rings (SSSR count). The fraction of sp³-hybridized carbons (Fsp3) is 0.455. The average molecular weight is 417 g/mol. The smallest absolute Gasteiger partial charge is 0.208 e. The van der Waals surface area contributed by atoms with Crippen LogP contribution < -0.4 is 4.72 Å². The van der Waals surface area contributed by atoms with Gasteiger partial charge >= 0.3 is 0 Å². The molecule has 0 aliphatic heterocycles. The van der Waals surface area contributed by atoms with Crippen molar-refractivity contribution in [2.75, 3.05) is 12.0 Å². The molecule has 0 amide bonds. The van der Waals surface area contributed by atoms with Crippen molar-refractivity contribution in [2.45, 2.75) is 24.3 Å². The van der Waals surface area contributed by atoms with Gasteiger partial charge in [0, 0.05) is 15.0 Å². The quantitative estimate of drug-likeness (QED) is 0.769. The summed E-state index contributed by atoms with van der Waals surface area (Å²) in [5.41, 5.74) is 0. The summed E-state index contributed by atoms with van der Waals surface area (Å²) in [4.78, 5) is 0.265. The zero-order valence-corrected chi connectivity index (χ0v) is 14.9. The van der Waals surface area contributed by atoms with E-state index in [9.17, 15) is 8.42 Å². The van der Waals surface area contributed by atoms with Crippen LogP contribution in [0.3, 0.4) is 0 Å². The summed E-state index contributed by atoms with van der Waals surface area (Å²) < 4.78 is 28.4. The lowest BCUT2D eigenvalue weighted by Crippen LogP contribution is -2.33. The number of thioether (sulfide) groups is 1. The van der Waals surface area contributed by atoms with Crippen LogP contribution in [-0.4, -0.2) is 26.5 Å². The van der Waals surface area contributed by atoms with E-state index in [0.29, 0.717) is 4.47 Å². The summed E-state index contributed by atoms with van der Waals surface area (Å²) in [7, 11) is -3.46. The maximum Gasteiger partial charge on any atom is 0.241 e. The van der Waals surface area contributed by atoms with Gasteiger partial charge in [-0.15, -0.1) is 0 Å². The van der Waals surface area contributed by atoms with Crippen LogP contribution in [0.25, 0.3) is 0 Å². The molecule has 1 aromatic rings. The van der Waals surface area contributed by atoms with Gasteiger partial charge in [-0.25, -0.2) is 13.1 Å². The first kappa shape index (κ1) is 16.5. The third-order valence-electron chi connectivity index (χ3n) is 2.29. The molecule has 0 saturated heterocycles. The van der Waals surface area contributed by atoms with Gasteiger partial charge in [0.05, 0.1) is 4.90 Å². The Balaban J connectivity index is 2.86. The number of rotatable bonds is 6. The van der Waals surface area contributed by atoms with Crippen molar-refractivity contribution in [3.63, 3.8) is 0 Å². The second kappa shape index (κ2) is 7.28. The van der Waals surface area contributed by atoms with Crippen LogP contribution >= 0.6 is 43.6 Å². The van der Waals surface area contributed by atoms with E-state index in [1.165, 1.54) is 0 Å². The van der Waals surface area contributed by atoms with Gasteiger partial charge in [-0.3, -0.25) is 0 Å². The SMILES string of the molecule is CSCCC(C)NS(=O)(=O)c1ccc(Br)cc1Br. The van der Waals surface area contributed by atoms with Crippen molar-refractivity contribution in [3.8, 4) is 0 Å². The molecule has 1 aromatic carbocycles. The standard InChI is InChI=1S/C11H15Br2NO2S2/c1-8(5-6-17-2)14-18(15,16)11-4-3-9(12)7-10(11)13/h3-4,7-8,14H,5-6H2,1-2H3. The van der Waals surface area contributed by atoms with E-state index in [1.807, 2.05) is 13.2 Å². The monoisotopic (exact) mass is 415 g/mol. The molecule has 1 N–H and O–H groups in total. The van der Waals surface area contributed by atoms with Gasteiger partial charge in [0.25, 0.3) is 0 Å². The third-order valence-corrected chi connectivity index (χ3v) is 6.00. The fourth-order valence-electron chi connectivity index (χ4n) is 1.38. The van der Waals surface area contributed by atoms with Crippen LogP contribution in [0.1, 0.15) is 13.3 Å². The molecule has 0 aromatic heterocycles. The van der Waals surface area contributed by atoms with E-state index < -0.39 is 10.0 Å². The van der Waals surface area contributed by atoms with Gasteiger partial charge in [0.2, 0.25) is 10.0 Å². The molecular weight excluding hydrogens is 402 g/mol. The van der Waals surface area contributed by atoms with Crippen molar-refractivity contribution in [1.29, 1.82) is 0 Å². The average Bonchev–Trinajstić information content (AvgIpc) is 2.25. The van der Waals surface area contributed by atoms with E-state index in [4.69, 9.17) is 0 Å². The number of hydrogen-bond acceptors (Lipinski definition) is 3.